The molecule has 2 aliphatic heterocycles. The number of carbonyl (C=O) groups is 1. The van der Waals surface area contributed by atoms with Crippen molar-refractivity contribution in [1.82, 2.24) is 9.88 Å². The first kappa shape index (κ1) is 14.4. The first-order valence-corrected chi connectivity index (χ1v) is 8.11. The van der Waals surface area contributed by atoms with Gasteiger partial charge in [-0.15, -0.1) is 0 Å². The minimum absolute atomic E-state index is 0.0706. The fraction of sp³-hybridized carbons (Fsp3) is 0.368. The van der Waals surface area contributed by atoms with E-state index in [2.05, 4.69) is 17.4 Å². The number of benzene rings is 1. The minimum atomic E-state index is -0.118. The van der Waals surface area contributed by atoms with Crippen LogP contribution in [0.2, 0.25) is 0 Å². The lowest BCUT2D eigenvalue weighted by Gasteiger charge is -2.47. The van der Waals surface area contributed by atoms with Crippen molar-refractivity contribution in [2.24, 2.45) is 0 Å². The Hall–Kier alpha value is -2.20. The lowest BCUT2D eigenvalue weighted by molar-refractivity contribution is 0.101. The highest BCUT2D eigenvalue weighted by Crippen LogP contribution is 2.42. The first-order valence-electron chi connectivity index (χ1n) is 8.11. The second-order valence-electron chi connectivity index (χ2n) is 6.82. The van der Waals surface area contributed by atoms with E-state index >= 15 is 0 Å². The highest BCUT2D eigenvalue weighted by Gasteiger charge is 2.43. The van der Waals surface area contributed by atoms with Crippen molar-refractivity contribution in [1.29, 1.82) is 0 Å². The maximum atomic E-state index is 12.3. The van der Waals surface area contributed by atoms with Gasteiger partial charge in [0.1, 0.15) is 0 Å². The van der Waals surface area contributed by atoms with Gasteiger partial charge in [-0.25, -0.2) is 0 Å². The number of piperidine rings is 1. The summed E-state index contributed by atoms with van der Waals surface area (Å²) < 4.78 is 1.93. The number of pyridine rings is 1. The molecule has 0 saturated carbocycles. The van der Waals surface area contributed by atoms with E-state index in [1.54, 1.807) is 13.0 Å². The zero-order chi connectivity index (χ0) is 16.0. The molecule has 3 heterocycles. The van der Waals surface area contributed by atoms with Crippen LogP contribution in [0, 0.1) is 0 Å². The van der Waals surface area contributed by atoms with E-state index in [-0.39, 0.29) is 16.8 Å². The molecular formula is C19H20N2O2. The fourth-order valence-electron chi connectivity index (χ4n) is 4.18. The number of rotatable bonds is 2. The molecule has 2 bridgehead atoms. The van der Waals surface area contributed by atoms with Crippen LogP contribution in [-0.4, -0.2) is 23.4 Å². The highest BCUT2D eigenvalue weighted by atomic mass is 16.1. The molecule has 2 aliphatic rings. The Morgan fingerprint density at radius 1 is 1.26 bits per heavy atom. The first-order chi connectivity index (χ1) is 11.1. The molecule has 1 saturated heterocycles. The Morgan fingerprint density at radius 3 is 2.91 bits per heavy atom. The third kappa shape index (κ3) is 2.25. The molecule has 1 N–H and O–H groups in total. The number of nitrogens with zero attached hydrogens (tertiary/aromatic N) is 1. The molecule has 0 amide bonds. The quantitative estimate of drug-likeness (QED) is 0.864. The molecule has 0 aliphatic carbocycles. The Morgan fingerprint density at radius 2 is 2.09 bits per heavy atom. The third-order valence-electron chi connectivity index (χ3n) is 5.34. The van der Waals surface area contributed by atoms with Crippen LogP contribution in [0.1, 0.15) is 40.9 Å². The second-order valence-corrected chi connectivity index (χ2v) is 6.82. The van der Waals surface area contributed by atoms with Crippen molar-refractivity contribution >= 4 is 5.78 Å². The van der Waals surface area contributed by atoms with Crippen LogP contribution in [0.4, 0.5) is 0 Å². The lowest BCUT2D eigenvalue weighted by Crippen LogP contribution is -2.54. The molecule has 4 rings (SSSR count). The number of hydrogen-bond donors (Lipinski definition) is 1. The van der Waals surface area contributed by atoms with Gasteiger partial charge in [-0.1, -0.05) is 24.3 Å². The van der Waals surface area contributed by atoms with E-state index in [0.717, 1.165) is 36.3 Å². The Balaban J connectivity index is 1.85. The van der Waals surface area contributed by atoms with Gasteiger partial charge < -0.3 is 9.88 Å². The van der Waals surface area contributed by atoms with E-state index < -0.39 is 0 Å². The largest absolute Gasteiger partial charge is 0.315 e. The van der Waals surface area contributed by atoms with Gasteiger partial charge in [-0.3, -0.25) is 9.59 Å². The van der Waals surface area contributed by atoms with E-state index in [1.165, 1.54) is 0 Å². The number of ketones is 1. The highest BCUT2D eigenvalue weighted by molar-refractivity contribution is 5.94. The van der Waals surface area contributed by atoms with Crippen LogP contribution >= 0.6 is 0 Å². The normalized spacial score (nSPS) is 25.7. The summed E-state index contributed by atoms with van der Waals surface area (Å²) in [6.45, 7) is 4.01. The monoisotopic (exact) mass is 308 g/mol. The molecule has 0 radical (unpaired) electrons. The molecule has 2 atom stereocenters. The SMILES string of the molecule is CC(=O)c1cccc([C@@]23CNC[C@@H](C2)c2cccc(=O)n2C3)c1. The van der Waals surface area contributed by atoms with Crippen LogP contribution in [0.5, 0.6) is 0 Å². The van der Waals surface area contributed by atoms with Crippen LogP contribution in [0.3, 0.4) is 0 Å². The van der Waals surface area contributed by atoms with Gasteiger partial charge in [-0.05, 0) is 31.0 Å². The Kier molecular flexibility index (Phi) is 3.23. The van der Waals surface area contributed by atoms with Gasteiger partial charge in [0.25, 0.3) is 5.56 Å². The smallest absolute Gasteiger partial charge is 0.250 e. The molecular weight excluding hydrogens is 288 g/mol. The number of hydrogen-bond acceptors (Lipinski definition) is 3. The summed E-state index contributed by atoms with van der Waals surface area (Å²) in [4.78, 5) is 24.1. The molecule has 0 spiro atoms. The average molecular weight is 308 g/mol. The molecule has 1 aromatic heterocycles. The van der Waals surface area contributed by atoms with Crippen LogP contribution in [0.15, 0.2) is 47.3 Å². The summed E-state index contributed by atoms with van der Waals surface area (Å²) in [7, 11) is 0. The molecule has 1 fully saturated rings. The van der Waals surface area contributed by atoms with Crippen LogP contribution in [-0.2, 0) is 12.0 Å². The molecule has 4 nitrogen and oxygen atoms in total. The summed E-state index contributed by atoms with van der Waals surface area (Å²) in [5, 5.41) is 3.53. The molecule has 4 heteroatoms. The van der Waals surface area contributed by atoms with E-state index in [9.17, 15) is 9.59 Å². The summed E-state index contributed by atoms with van der Waals surface area (Å²) >= 11 is 0. The number of fused-ring (bicyclic) bond motifs is 4. The van der Waals surface area contributed by atoms with Gasteiger partial charge in [0.05, 0.1) is 0 Å². The summed E-state index contributed by atoms with van der Waals surface area (Å²) in [6.07, 6.45) is 1.02. The Labute approximate surface area is 135 Å². The van der Waals surface area contributed by atoms with E-state index in [4.69, 9.17) is 0 Å². The molecule has 2 aromatic rings. The fourth-order valence-corrected chi connectivity index (χ4v) is 4.18. The topological polar surface area (TPSA) is 51.1 Å². The van der Waals surface area contributed by atoms with Crippen LogP contribution < -0.4 is 10.9 Å². The summed E-state index contributed by atoms with van der Waals surface area (Å²) in [6, 6.07) is 13.5. The predicted octanol–water partition coefficient (Wildman–Crippen LogP) is 2.08. The van der Waals surface area contributed by atoms with Crippen molar-refractivity contribution < 1.29 is 4.79 Å². The molecule has 1 aromatic carbocycles. The number of Topliss-reactive ketones (excluding diaryl/α,β-unsaturated/α-hetero) is 1. The van der Waals surface area contributed by atoms with Crippen LogP contribution in [0.25, 0.3) is 0 Å². The Bertz CT molecular complexity index is 839. The maximum Gasteiger partial charge on any atom is 0.250 e. The van der Waals surface area contributed by atoms with Gasteiger partial charge in [0.15, 0.2) is 5.78 Å². The molecule has 0 unspecified atom stereocenters. The zero-order valence-electron chi connectivity index (χ0n) is 13.2. The van der Waals surface area contributed by atoms with Crippen molar-refractivity contribution in [2.45, 2.75) is 31.2 Å². The van der Waals surface area contributed by atoms with E-state index in [1.807, 2.05) is 28.8 Å². The molecule has 23 heavy (non-hydrogen) atoms. The minimum Gasteiger partial charge on any atom is -0.315 e. The third-order valence-corrected chi connectivity index (χ3v) is 5.34. The van der Waals surface area contributed by atoms with Gasteiger partial charge in [-0.2, -0.15) is 0 Å². The second kappa shape index (κ2) is 5.17. The van der Waals surface area contributed by atoms with E-state index in [0.29, 0.717) is 12.5 Å². The number of carbonyl (C=O) groups excluding carboxylic acids is 1. The van der Waals surface area contributed by atoms with Gasteiger partial charge in [0, 0.05) is 48.3 Å². The average Bonchev–Trinajstić information content (AvgIpc) is 2.56. The summed E-state index contributed by atoms with van der Waals surface area (Å²) in [5.41, 5.74) is 2.98. The predicted molar refractivity (Wildman–Crippen MR) is 89.1 cm³/mol. The number of aromatic nitrogens is 1. The van der Waals surface area contributed by atoms with Crippen molar-refractivity contribution in [3.05, 3.63) is 69.6 Å². The van der Waals surface area contributed by atoms with Gasteiger partial charge in [0.2, 0.25) is 0 Å². The van der Waals surface area contributed by atoms with Crippen molar-refractivity contribution in [2.75, 3.05) is 13.1 Å². The van der Waals surface area contributed by atoms with Crippen molar-refractivity contribution in [3.63, 3.8) is 0 Å². The standard InChI is InChI=1S/C19H20N2O2/c1-13(22)14-4-2-5-16(8-14)19-9-15(10-20-11-19)17-6-3-7-18(23)21(17)12-19/h2-8,15,20H,9-12H2,1H3/t15-,19-/m1/s1. The molecule has 118 valence electrons. The summed E-state index contributed by atoms with van der Waals surface area (Å²) in [5.74, 6) is 0.421. The maximum absolute atomic E-state index is 12.3. The zero-order valence-corrected chi connectivity index (χ0v) is 13.2. The lowest BCUT2D eigenvalue weighted by atomic mass is 9.68. The van der Waals surface area contributed by atoms with Crippen molar-refractivity contribution in [3.8, 4) is 0 Å². The number of nitrogens with one attached hydrogen (secondary N) is 1. The van der Waals surface area contributed by atoms with Gasteiger partial charge >= 0.3 is 0 Å².